The van der Waals surface area contributed by atoms with Crippen molar-refractivity contribution in [1.82, 2.24) is 0 Å². The number of fused-ring (bicyclic) bond motifs is 1. The summed E-state index contributed by atoms with van der Waals surface area (Å²) in [5.41, 5.74) is 8.37. The molecule has 0 heterocycles. The quantitative estimate of drug-likeness (QED) is 0.269. The van der Waals surface area contributed by atoms with Gasteiger partial charge in [0.05, 0.1) is 0 Å². The Labute approximate surface area is 193 Å². The van der Waals surface area contributed by atoms with Crippen molar-refractivity contribution in [2.75, 3.05) is 18.0 Å². The summed E-state index contributed by atoms with van der Waals surface area (Å²) in [6, 6.07) is 31.7. The van der Waals surface area contributed by atoms with Gasteiger partial charge in [-0.3, -0.25) is 0 Å². The van der Waals surface area contributed by atoms with Gasteiger partial charge in [0.15, 0.2) is 0 Å². The molecular weight excluding hydrogens is 386 g/mol. The van der Waals surface area contributed by atoms with E-state index in [4.69, 9.17) is 0 Å². The molecule has 0 radical (unpaired) electrons. The van der Waals surface area contributed by atoms with Crippen molar-refractivity contribution in [2.45, 2.75) is 46.5 Å². The van der Waals surface area contributed by atoms with Crippen LogP contribution in [0.15, 0.2) is 84.9 Å². The molecule has 0 amide bonds. The van der Waals surface area contributed by atoms with Gasteiger partial charge in [-0.15, -0.1) is 0 Å². The average molecular weight is 422 g/mol. The van der Waals surface area contributed by atoms with E-state index < -0.39 is 0 Å². The molecule has 1 nitrogen and oxygen atoms in total. The van der Waals surface area contributed by atoms with Gasteiger partial charge in [0.1, 0.15) is 0 Å². The molecule has 0 saturated carbocycles. The molecular formula is C31H35N. The lowest BCUT2D eigenvalue weighted by Gasteiger charge is -2.21. The van der Waals surface area contributed by atoms with Gasteiger partial charge in [-0.05, 0) is 91.6 Å². The van der Waals surface area contributed by atoms with Gasteiger partial charge in [-0.1, -0.05) is 78.4 Å². The first-order chi connectivity index (χ1) is 15.7. The van der Waals surface area contributed by atoms with E-state index in [0.29, 0.717) is 0 Å². The molecule has 0 aromatic heterocycles. The Morgan fingerprint density at radius 1 is 0.531 bits per heavy atom. The van der Waals surface area contributed by atoms with E-state index >= 15 is 0 Å². The molecule has 0 saturated heterocycles. The topological polar surface area (TPSA) is 3.24 Å². The number of rotatable bonds is 9. The van der Waals surface area contributed by atoms with Crippen LogP contribution in [0.2, 0.25) is 0 Å². The molecule has 4 aromatic carbocycles. The van der Waals surface area contributed by atoms with Crippen molar-refractivity contribution < 1.29 is 0 Å². The Bertz CT molecular complexity index is 1140. The molecule has 4 rings (SSSR count). The molecule has 32 heavy (non-hydrogen) atoms. The Balaban J connectivity index is 1.48. The number of hydrogen-bond acceptors (Lipinski definition) is 1. The smallest absolute Gasteiger partial charge is 0.0366 e. The predicted molar refractivity (Wildman–Crippen MR) is 140 cm³/mol. The Morgan fingerprint density at radius 2 is 1.00 bits per heavy atom. The van der Waals surface area contributed by atoms with E-state index in [1.807, 2.05) is 0 Å². The molecule has 0 fully saturated rings. The third-order valence-corrected chi connectivity index (χ3v) is 6.66. The molecule has 0 atom stereocenters. The molecule has 0 bridgehead atoms. The highest BCUT2D eigenvalue weighted by atomic mass is 15.1. The van der Waals surface area contributed by atoms with Crippen LogP contribution >= 0.6 is 0 Å². The van der Waals surface area contributed by atoms with Gasteiger partial charge >= 0.3 is 0 Å². The standard InChI is InChI=1S/C31H35N/c1-4-32(5-2)29-22-16-26(17-23-29)15-19-28-21-20-27(30-8-6-7-9-31(28)30)18-14-25-12-10-24(3)11-13-25/h6-13,16-17,20-23H,4-5,14-15,18-19H2,1-3H3. The molecule has 0 unspecified atom stereocenters. The lowest BCUT2D eigenvalue weighted by atomic mass is 9.93. The van der Waals surface area contributed by atoms with Crippen LogP contribution in [0.25, 0.3) is 10.8 Å². The fraction of sp³-hybridized carbons (Fsp3) is 0.290. The van der Waals surface area contributed by atoms with Crippen LogP contribution in [-0.4, -0.2) is 13.1 Å². The third-order valence-electron chi connectivity index (χ3n) is 6.66. The SMILES string of the molecule is CCN(CC)c1ccc(CCc2ccc(CCc3ccc(C)cc3)c3ccccc23)cc1. The highest BCUT2D eigenvalue weighted by Crippen LogP contribution is 2.26. The van der Waals surface area contributed by atoms with Gasteiger partial charge in [0.2, 0.25) is 0 Å². The van der Waals surface area contributed by atoms with Crippen LogP contribution in [-0.2, 0) is 25.7 Å². The van der Waals surface area contributed by atoms with E-state index in [-0.39, 0.29) is 0 Å². The summed E-state index contributed by atoms with van der Waals surface area (Å²) in [7, 11) is 0. The predicted octanol–water partition coefficient (Wildman–Crippen LogP) is 7.56. The van der Waals surface area contributed by atoms with Crippen molar-refractivity contribution in [3.63, 3.8) is 0 Å². The van der Waals surface area contributed by atoms with Crippen molar-refractivity contribution in [2.24, 2.45) is 0 Å². The highest BCUT2D eigenvalue weighted by Gasteiger charge is 2.08. The molecule has 0 aliphatic rings. The van der Waals surface area contributed by atoms with E-state index in [9.17, 15) is 0 Å². The van der Waals surface area contributed by atoms with E-state index in [0.717, 1.165) is 38.8 Å². The summed E-state index contributed by atoms with van der Waals surface area (Å²) in [5.74, 6) is 0. The number of hydrogen-bond donors (Lipinski definition) is 0. The minimum absolute atomic E-state index is 1.05. The van der Waals surface area contributed by atoms with Crippen molar-refractivity contribution in [3.05, 3.63) is 113 Å². The van der Waals surface area contributed by atoms with Gasteiger partial charge in [0.25, 0.3) is 0 Å². The minimum atomic E-state index is 1.05. The maximum Gasteiger partial charge on any atom is 0.0366 e. The Kier molecular flexibility index (Phi) is 7.27. The lowest BCUT2D eigenvalue weighted by molar-refractivity contribution is 0.864. The van der Waals surface area contributed by atoms with Crippen molar-refractivity contribution in [1.29, 1.82) is 0 Å². The molecule has 4 aromatic rings. The van der Waals surface area contributed by atoms with E-state index in [1.54, 1.807) is 0 Å². The van der Waals surface area contributed by atoms with Gasteiger partial charge in [-0.2, -0.15) is 0 Å². The van der Waals surface area contributed by atoms with Crippen molar-refractivity contribution in [3.8, 4) is 0 Å². The second kappa shape index (κ2) is 10.5. The zero-order valence-corrected chi connectivity index (χ0v) is 19.8. The Morgan fingerprint density at radius 3 is 1.47 bits per heavy atom. The summed E-state index contributed by atoms with van der Waals surface area (Å²) in [6.45, 7) is 8.69. The van der Waals surface area contributed by atoms with E-state index in [2.05, 4.69) is 111 Å². The summed E-state index contributed by atoms with van der Waals surface area (Å²) in [6.07, 6.45) is 4.31. The summed E-state index contributed by atoms with van der Waals surface area (Å²) >= 11 is 0. The highest BCUT2D eigenvalue weighted by molar-refractivity contribution is 5.88. The first-order valence-electron chi connectivity index (χ1n) is 12.1. The first-order valence-corrected chi connectivity index (χ1v) is 12.1. The van der Waals surface area contributed by atoms with E-state index in [1.165, 1.54) is 44.3 Å². The fourth-order valence-corrected chi connectivity index (χ4v) is 4.63. The number of anilines is 1. The molecule has 0 spiro atoms. The monoisotopic (exact) mass is 421 g/mol. The maximum absolute atomic E-state index is 2.40. The lowest BCUT2D eigenvalue weighted by Crippen LogP contribution is -2.21. The van der Waals surface area contributed by atoms with Gasteiger partial charge < -0.3 is 4.90 Å². The molecule has 0 aliphatic heterocycles. The fourth-order valence-electron chi connectivity index (χ4n) is 4.63. The van der Waals surface area contributed by atoms with Crippen LogP contribution in [0.1, 0.15) is 41.7 Å². The molecule has 0 aliphatic carbocycles. The summed E-state index contributed by atoms with van der Waals surface area (Å²) in [4.78, 5) is 2.40. The van der Waals surface area contributed by atoms with Crippen LogP contribution in [0, 0.1) is 6.92 Å². The minimum Gasteiger partial charge on any atom is -0.372 e. The number of nitrogens with zero attached hydrogens (tertiary/aromatic N) is 1. The summed E-state index contributed by atoms with van der Waals surface area (Å²) < 4.78 is 0. The first kappa shape index (κ1) is 22.1. The largest absolute Gasteiger partial charge is 0.372 e. The van der Waals surface area contributed by atoms with Crippen LogP contribution in [0.5, 0.6) is 0 Å². The normalized spacial score (nSPS) is 11.1. The van der Waals surface area contributed by atoms with Crippen LogP contribution in [0.3, 0.4) is 0 Å². The van der Waals surface area contributed by atoms with Gasteiger partial charge in [-0.25, -0.2) is 0 Å². The zero-order chi connectivity index (χ0) is 22.3. The number of benzene rings is 4. The molecule has 0 N–H and O–H groups in total. The number of aryl methyl sites for hydroxylation is 5. The Hall–Kier alpha value is -3.06. The maximum atomic E-state index is 2.40. The molecule has 164 valence electrons. The van der Waals surface area contributed by atoms with Crippen molar-refractivity contribution >= 4 is 16.5 Å². The van der Waals surface area contributed by atoms with Gasteiger partial charge in [0, 0.05) is 18.8 Å². The third kappa shape index (κ3) is 5.22. The second-order valence-corrected chi connectivity index (χ2v) is 8.75. The molecule has 1 heteroatoms. The van der Waals surface area contributed by atoms with Crippen LogP contribution in [0.4, 0.5) is 5.69 Å². The zero-order valence-electron chi connectivity index (χ0n) is 19.8. The average Bonchev–Trinajstić information content (AvgIpc) is 2.84. The summed E-state index contributed by atoms with van der Waals surface area (Å²) in [5, 5.41) is 2.82. The second-order valence-electron chi connectivity index (χ2n) is 8.75. The van der Waals surface area contributed by atoms with Crippen LogP contribution < -0.4 is 4.90 Å².